The first-order valence-corrected chi connectivity index (χ1v) is 14.0. The first-order valence-electron chi connectivity index (χ1n) is 14.0. The van der Waals surface area contributed by atoms with Gasteiger partial charge in [-0.15, -0.1) is 0 Å². The molecule has 5 aromatic rings. The van der Waals surface area contributed by atoms with Gasteiger partial charge in [-0.2, -0.15) is 0 Å². The number of aryl methyl sites for hydroxylation is 1. The van der Waals surface area contributed by atoms with Gasteiger partial charge in [0.1, 0.15) is 11.4 Å². The standard InChI is InChI=1S/C32H29N7O5/c1-38-18-23(21-9-5-6-10-27(21)38)24-13-14-33-32(35-24)36-26-15-28(39(42)43)25(16-29(26)44-2)34-17-19-7-3-4-8-20(19)22-11-12-30(40)37-31(22)41/h3-10,13-16,18,22,34H,11-12,17H2,1-2H3,(H,33,35,36)(H,37,40,41). The summed E-state index contributed by atoms with van der Waals surface area (Å²) >= 11 is 0. The van der Waals surface area contributed by atoms with Crippen LogP contribution in [0.4, 0.5) is 23.0 Å². The minimum Gasteiger partial charge on any atom is -0.494 e. The lowest BCUT2D eigenvalue weighted by atomic mass is 9.87. The summed E-state index contributed by atoms with van der Waals surface area (Å²) in [4.78, 5) is 44.9. The van der Waals surface area contributed by atoms with Gasteiger partial charge in [0.15, 0.2) is 0 Å². The summed E-state index contributed by atoms with van der Waals surface area (Å²) in [6.07, 6.45) is 4.29. The summed E-state index contributed by atoms with van der Waals surface area (Å²) in [5.74, 6) is -0.517. The molecule has 0 aliphatic carbocycles. The summed E-state index contributed by atoms with van der Waals surface area (Å²) in [5, 5.41) is 21.8. The number of hydrogen-bond acceptors (Lipinski definition) is 9. The summed E-state index contributed by atoms with van der Waals surface area (Å²) in [6.45, 7) is 0.209. The topological polar surface area (TPSA) is 153 Å². The predicted molar refractivity (Wildman–Crippen MR) is 166 cm³/mol. The highest BCUT2D eigenvalue weighted by Gasteiger charge is 2.29. The number of rotatable bonds is 9. The van der Waals surface area contributed by atoms with Crippen molar-refractivity contribution in [3.8, 4) is 17.0 Å². The molecule has 1 unspecified atom stereocenters. The largest absolute Gasteiger partial charge is 0.494 e. The van der Waals surface area contributed by atoms with E-state index in [0.29, 0.717) is 23.6 Å². The van der Waals surface area contributed by atoms with Gasteiger partial charge in [-0.25, -0.2) is 9.97 Å². The van der Waals surface area contributed by atoms with E-state index < -0.39 is 10.8 Å². The number of nitrogens with zero attached hydrogens (tertiary/aromatic N) is 4. The van der Waals surface area contributed by atoms with Crippen molar-refractivity contribution in [2.24, 2.45) is 7.05 Å². The number of nitrogens with one attached hydrogen (secondary N) is 3. The molecule has 2 amide bonds. The molecule has 12 nitrogen and oxygen atoms in total. The third-order valence-corrected chi connectivity index (χ3v) is 7.73. The second kappa shape index (κ2) is 11.8. The van der Waals surface area contributed by atoms with E-state index in [1.165, 1.54) is 13.2 Å². The molecule has 1 aliphatic heterocycles. The van der Waals surface area contributed by atoms with Crippen LogP contribution in [0.3, 0.4) is 0 Å². The van der Waals surface area contributed by atoms with E-state index in [1.54, 1.807) is 12.3 Å². The van der Waals surface area contributed by atoms with Crippen LogP contribution < -0.4 is 20.7 Å². The number of para-hydroxylation sites is 1. The molecule has 0 saturated carbocycles. The highest BCUT2D eigenvalue weighted by molar-refractivity contribution is 6.01. The number of nitro benzene ring substituents is 1. The van der Waals surface area contributed by atoms with Crippen LogP contribution in [0.15, 0.2) is 79.1 Å². The van der Waals surface area contributed by atoms with E-state index in [2.05, 4.69) is 25.9 Å². The lowest BCUT2D eigenvalue weighted by molar-refractivity contribution is -0.383. The van der Waals surface area contributed by atoms with E-state index in [0.717, 1.165) is 27.6 Å². The van der Waals surface area contributed by atoms with Crippen LogP contribution in [0.1, 0.15) is 29.9 Å². The summed E-state index contributed by atoms with van der Waals surface area (Å²) in [6, 6.07) is 20.1. The van der Waals surface area contributed by atoms with Gasteiger partial charge in [0.2, 0.25) is 17.8 Å². The fourth-order valence-electron chi connectivity index (χ4n) is 5.58. The van der Waals surface area contributed by atoms with Crippen LogP contribution in [0.2, 0.25) is 0 Å². The van der Waals surface area contributed by atoms with E-state index in [-0.39, 0.29) is 42.1 Å². The lowest BCUT2D eigenvalue weighted by Gasteiger charge is -2.23. The van der Waals surface area contributed by atoms with Crippen LogP contribution in [-0.4, -0.2) is 38.4 Å². The van der Waals surface area contributed by atoms with Gasteiger partial charge < -0.3 is 19.9 Å². The SMILES string of the molecule is COc1cc(NCc2ccccc2C2CCC(=O)NC2=O)c([N+](=O)[O-])cc1Nc1nccc(-c2cn(C)c3ccccc23)n1. The summed E-state index contributed by atoms with van der Waals surface area (Å²) < 4.78 is 7.62. The van der Waals surface area contributed by atoms with Crippen molar-refractivity contribution in [3.05, 3.63) is 100 Å². The molecule has 6 rings (SSSR count). The van der Waals surface area contributed by atoms with Crippen LogP contribution in [0.25, 0.3) is 22.2 Å². The molecule has 44 heavy (non-hydrogen) atoms. The maximum Gasteiger partial charge on any atom is 0.294 e. The Balaban J connectivity index is 1.27. The first kappa shape index (κ1) is 28.3. The van der Waals surface area contributed by atoms with Crippen molar-refractivity contribution in [1.82, 2.24) is 19.9 Å². The van der Waals surface area contributed by atoms with Gasteiger partial charge in [0, 0.05) is 61.0 Å². The average molecular weight is 592 g/mol. The Kier molecular flexibility index (Phi) is 7.63. The van der Waals surface area contributed by atoms with Gasteiger partial charge in [0.25, 0.3) is 5.69 Å². The average Bonchev–Trinajstić information content (AvgIpc) is 3.37. The predicted octanol–water partition coefficient (Wildman–Crippen LogP) is 5.43. The van der Waals surface area contributed by atoms with E-state index in [1.807, 2.05) is 72.4 Å². The fourth-order valence-corrected chi connectivity index (χ4v) is 5.58. The molecule has 0 bridgehead atoms. The van der Waals surface area contributed by atoms with Gasteiger partial charge in [-0.3, -0.25) is 25.0 Å². The Morgan fingerprint density at radius 3 is 2.68 bits per heavy atom. The number of carbonyl (C=O) groups is 2. The molecule has 3 heterocycles. The second-order valence-electron chi connectivity index (χ2n) is 10.4. The minimum atomic E-state index is -0.480. The number of carbonyl (C=O) groups excluding carboxylic acids is 2. The Morgan fingerprint density at radius 1 is 1.09 bits per heavy atom. The number of ether oxygens (including phenoxy) is 1. The van der Waals surface area contributed by atoms with Gasteiger partial charge in [-0.1, -0.05) is 42.5 Å². The molecule has 1 saturated heterocycles. The van der Waals surface area contributed by atoms with Crippen LogP contribution in [0, 0.1) is 10.1 Å². The summed E-state index contributed by atoms with van der Waals surface area (Å²) in [7, 11) is 3.45. The summed E-state index contributed by atoms with van der Waals surface area (Å²) in [5.41, 5.74) is 4.62. The number of imide groups is 1. The first-order chi connectivity index (χ1) is 21.3. The smallest absolute Gasteiger partial charge is 0.294 e. The normalized spacial score (nSPS) is 14.7. The number of benzene rings is 3. The molecular formula is C32H29N7O5. The molecular weight excluding hydrogens is 562 g/mol. The molecule has 0 radical (unpaired) electrons. The zero-order valence-electron chi connectivity index (χ0n) is 24.0. The molecule has 3 N–H and O–H groups in total. The fraction of sp³-hybridized carbons (Fsp3) is 0.188. The van der Waals surface area contributed by atoms with Crippen molar-refractivity contribution in [1.29, 1.82) is 0 Å². The monoisotopic (exact) mass is 591 g/mol. The Bertz CT molecular complexity index is 1920. The third-order valence-electron chi connectivity index (χ3n) is 7.73. The van der Waals surface area contributed by atoms with E-state index in [4.69, 9.17) is 4.74 Å². The molecule has 1 atom stereocenters. The molecule has 1 aliphatic rings. The highest BCUT2D eigenvalue weighted by Crippen LogP contribution is 2.38. The third kappa shape index (κ3) is 5.52. The number of anilines is 3. The molecule has 3 aromatic carbocycles. The van der Waals surface area contributed by atoms with Crippen molar-refractivity contribution < 1.29 is 19.2 Å². The van der Waals surface area contributed by atoms with Crippen molar-refractivity contribution >= 4 is 45.7 Å². The van der Waals surface area contributed by atoms with Crippen LogP contribution in [-0.2, 0) is 23.2 Å². The van der Waals surface area contributed by atoms with E-state index in [9.17, 15) is 19.7 Å². The zero-order valence-corrected chi connectivity index (χ0v) is 24.0. The number of hydrogen-bond donors (Lipinski definition) is 3. The molecule has 0 spiro atoms. The van der Waals surface area contributed by atoms with Crippen LogP contribution in [0.5, 0.6) is 5.75 Å². The minimum absolute atomic E-state index is 0.183. The lowest BCUT2D eigenvalue weighted by Crippen LogP contribution is -2.39. The van der Waals surface area contributed by atoms with E-state index >= 15 is 0 Å². The highest BCUT2D eigenvalue weighted by atomic mass is 16.6. The van der Waals surface area contributed by atoms with Gasteiger partial charge >= 0.3 is 0 Å². The molecule has 1 fully saturated rings. The molecule has 12 heteroatoms. The van der Waals surface area contributed by atoms with Crippen molar-refractivity contribution in [2.45, 2.75) is 25.3 Å². The Morgan fingerprint density at radius 2 is 1.89 bits per heavy atom. The maximum atomic E-state index is 12.5. The number of amides is 2. The zero-order chi connectivity index (χ0) is 30.8. The molecule has 222 valence electrons. The van der Waals surface area contributed by atoms with Gasteiger partial charge in [-0.05, 0) is 29.7 Å². The van der Waals surface area contributed by atoms with Crippen LogP contribution >= 0.6 is 0 Å². The van der Waals surface area contributed by atoms with Crippen molar-refractivity contribution in [2.75, 3.05) is 17.7 Å². The number of piperidine rings is 1. The quantitative estimate of drug-likeness (QED) is 0.116. The number of aromatic nitrogens is 3. The van der Waals surface area contributed by atoms with Gasteiger partial charge in [0.05, 0.1) is 29.3 Å². The Labute approximate surface area is 252 Å². The van der Waals surface area contributed by atoms with Crippen molar-refractivity contribution in [3.63, 3.8) is 0 Å². The number of nitro groups is 1. The maximum absolute atomic E-state index is 12.5. The number of fused-ring (bicyclic) bond motifs is 1. The second-order valence-corrected chi connectivity index (χ2v) is 10.4. The Hall–Kier alpha value is -5.78. The number of methoxy groups -OCH3 is 1. The molecule has 2 aromatic heterocycles.